The van der Waals surface area contributed by atoms with Gasteiger partial charge in [-0.05, 0) is 48.0 Å². The van der Waals surface area contributed by atoms with Crippen molar-refractivity contribution in [2.45, 2.75) is 12.1 Å². The van der Waals surface area contributed by atoms with Crippen LogP contribution in [-0.4, -0.2) is 63.4 Å². The topological polar surface area (TPSA) is 86.5 Å². The molecule has 0 spiro atoms. The van der Waals surface area contributed by atoms with Crippen LogP contribution in [0.2, 0.25) is 0 Å². The van der Waals surface area contributed by atoms with Gasteiger partial charge in [-0.25, -0.2) is 22.8 Å². The highest BCUT2D eigenvalue weighted by atomic mass is 79.9. The van der Waals surface area contributed by atoms with Crippen LogP contribution in [0.3, 0.4) is 0 Å². The van der Waals surface area contributed by atoms with Crippen LogP contribution >= 0.6 is 15.9 Å². The number of benzene rings is 3. The number of carbonyl (C=O) groups excluding carboxylic acids is 1. The minimum Gasteiger partial charge on any atom is -0.382 e. The van der Waals surface area contributed by atoms with E-state index in [1.165, 1.54) is 35.5 Å². The number of aromatic nitrogens is 3. The van der Waals surface area contributed by atoms with Crippen molar-refractivity contribution in [3.63, 3.8) is 0 Å². The summed E-state index contributed by atoms with van der Waals surface area (Å²) in [5.41, 5.74) is -0.195. The van der Waals surface area contributed by atoms with E-state index < -0.39 is 23.1 Å². The molecular formula is C30H28BrF3N6O2. The molecule has 0 aliphatic carbocycles. The van der Waals surface area contributed by atoms with Crippen LogP contribution in [0, 0.1) is 17.5 Å². The molecule has 0 bridgehead atoms. The number of β-amino-alcohol motifs (C(OH)–C–C–N with tert-alkyl or cyclic N) is 1. The van der Waals surface area contributed by atoms with E-state index in [1.54, 1.807) is 18.2 Å². The lowest BCUT2D eigenvalue weighted by Gasteiger charge is -2.40. The van der Waals surface area contributed by atoms with Crippen LogP contribution in [0.5, 0.6) is 0 Å². The van der Waals surface area contributed by atoms with Crippen molar-refractivity contribution in [2.24, 2.45) is 0 Å². The van der Waals surface area contributed by atoms with Crippen molar-refractivity contribution in [1.29, 1.82) is 0 Å². The van der Waals surface area contributed by atoms with Crippen LogP contribution < -0.4 is 10.2 Å². The van der Waals surface area contributed by atoms with Gasteiger partial charge in [-0.2, -0.15) is 5.10 Å². The molecule has 0 radical (unpaired) electrons. The highest BCUT2D eigenvalue weighted by Gasteiger charge is 2.36. The largest absolute Gasteiger partial charge is 0.382 e. The van der Waals surface area contributed by atoms with Gasteiger partial charge in [-0.3, -0.25) is 9.69 Å². The van der Waals surface area contributed by atoms with Gasteiger partial charge in [-0.15, -0.1) is 0 Å². The lowest BCUT2D eigenvalue weighted by atomic mass is 9.92. The fraction of sp³-hybridized carbons (Fsp3) is 0.233. The first-order chi connectivity index (χ1) is 20.2. The van der Waals surface area contributed by atoms with Crippen LogP contribution in [0.1, 0.15) is 11.1 Å². The summed E-state index contributed by atoms with van der Waals surface area (Å²) in [7, 11) is 0. The van der Waals surface area contributed by atoms with Gasteiger partial charge >= 0.3 is 0 Å². The van der Waals surface area contributed by atoms with Crippen LogP contribution in [0.4, 0.5) is 24.5 Å². The molecule has 1 saturated heterocycles. The molecule has 2 heterocycles. The first kappa shape index (κ1) is 29.5. The predicted molar refractivity (Wildman–Crippen MR) is 157 cm³/mol. The molecule has 1 amide bonds. The first-order valence-electron chi connectivity index (χ1n) is 13.2. The molecule has 1 aliphatic rings. The third kappa shape index (κ3) is 7.25. The Morgan fingerprint density at radius 2 is 1.81 bits per heavy atom. The highest BCUT2D eigenvalue weighted by Crippen LogP contribution is 2.29. The lowest BCUT2D eigenvalue weighted by molar-refractivity contribution is -0.111. The Morgan fingerprint density at radius 3 is 2.50 bits per heavy atom. The number of amides is 1. The number of anilines is 2. The highest BCUT2D eigenvalue weighted by molar-refractivity contribution is 9.10. The Bertz CT molecular complexity index is 1580. The Morgan fingerprint density at radius 1 is 1.00 bits per heavy atom. The molecule has 1 aromatic heterocycles. The summed E-state index contributed by atoms with van der Waals surface area (Å²) in [5.74, 6) is -2.45. The number of hydrogen-bond donors (Lipinski definition) is 2. The molecule has 1 atom stereocenters. The van der Waals surface area contributed by atoms with Gasteiger partial charge in [0, 0.05) is 60.6 Å². The van der Waals surface area contributed by atoms with E-state index in [0.717, 1.165) is 22.2 Å². The third-order valence-corrected chi connectivity index (χ3v) is 7.51. The molecule has 1 fully saturated rings. The van der Waals surface area contributed by atoms with Crippen molar-refractivity contribution >= 4 is 39.3 Å². The summed E-state index contributed by atoms with van der Waals surface area (Å²) < 4.78 is 45.7. The molecule has 42 heavy (non-hydrogen) atoms. The Hall–Kier alpha value is -4.00. The molecule has 4 aromatic rings. The number of aliphatic hydroxyl groups is 1. The summed E-state index contributed by atoms with van der Waals surface area (Å²) in [6.45, 7) is 1.77. The van der Waals surface area contributed by atoms with Crippen LogP contribution in [0.25, 0.3) is 6.08 Å². The minimum atomic E-state index is -1.72. The summed E-state index contributed by atoms with van der Waals surface area (Å²) in [6, 6.07) is 15.1. The average molecular weight is 641 g/mol. The number of rotatable bonds is 9. The normalized spacial score (nSPS) is 15.6. The smallest absolute Gasteiger partial charge is 0.248 e. The van der Waals surface area contributed by atoms with Gasteiger partial charge in [-0.1, -0.05) is 34.1 Å². The fourth-order valence-corrected chi connectivity index (χ4v) is 5.41. The van der Waals surface area contributed by atoms with E-state index in [4.69, 9.17) is 0 Å². The molecule has 218 valence electrons. The molecule has 3 aromatic carbocycles. The number of nitrogens with one attached hydrogen (secondary N) is 1. The fourth-order valence-electron chi connectivity index (χ4n) is 4.99. The molecule has 12 heteroatoms. The number of halogens is 4. The Labute approximate surface area is 249 Å². The Kier molecular flexibility index (Phi) is 9.05. The van der Waals surface area contributed by atoms with Crippen molar-refractivity contribution in [3.8, 4) is 0 Å². The van der Waals surface area contributed by atoms with E-state index in [0.29, 0.717) is 37.6 Å². The van der Waals surface area contributed by atoms with Gasteiger partial charge in [0.25, 0.3) is 0 Å². The number of carbonyl (C=O) groups is 1. The number of hydrogen-bond acceptors (Lipinski definition) is 6. The SMILES string of the molecule is O=C(/C=C/c1cccc(Br)c1)Nc1ccc(N2CCN(CC(O)(Cn3cncn3)c3ccc(F)cc3F)CC2)c(F)c1. The quantitative estimate of drug-likeness (QED) is 0.255. The van der Waals surface area contributed by atoms with Gasteiger partial charge in [0.05, 0.1) is 12.2 Å². The third-order valence-electron chi connectivity index (χ3n) is 7.01. The van der Waals surface area contributed by atoms with Gasteiger partial charge in [0.15, 0.2) is 0 Å². The van der Waals surface area contributed by atoms with Crippen molar-refractivity contribution in [2.75, 3.05) is 42.9 Å². The standard InChI is InChI=1S/C30H28BrF3N6O2/c31-22-3-1-2-21(14-22)4-9-29(41)37-24-6-8-28(27(34)16-24)39-12-10-38(11-13-39)17-30(42,18-40-20-35-19-36-40)25-7-5-23(32)15-26(25)33/h1-9,14-16,19-20,42H,10-13,17-18H2,(H,37,41)/b9-4+. The van der Waals surface area contributed by atoms with Crippen LogP contribution in [0.15, 0.2) is 83.9 Å². The second-order valence-electron chi connectivity index (χ2n) is 10.1. The maximum absolute atomic E-state index is 15.1. The minimum absolute atomic E-state index is 0.0445. The van der Waals surface area contributed by atoms with Gasteiger partial charge in [0.1, 0.15) is 35.7 Å². The maximum Gasteiger partial charge on any atom is 0.248 e. The van der Waals surface area contributed by atoms with Crippen molar-refractivity contribution < 1.29 is 23.1 Å². The summed E-state index contributed by atoms with van der Waals surface area (Å²) in [5, 5.41) is 18.3. The maximum atomic E-state index is 15.1. The number of nitrogens with zero attached hydrogens (tertiary/aromatic N) is 5. The van der Waals surface area contributed by atoms with Crippen LogP contribution in [-0.2, 0) is 16.9 Å². The zero-order valence-corrected chi connectivity index (χ0v) is 24.0. The monoisotopic (exact) mass is 640 g/mol. The number of piperazine rings is 1. The predicted octanol–water partition coefficient (Wildman–Crippen LogP) is 4.82. The second kappa shape index (κ2) is 12.9. The van der Waals surface area contributed by atoms with Gasteiger partial charge < -0.3 is 15.3 Å². The van der Waals surface area contributed by atoms with E-state index in [1.807, 2.05) is 34.1 Å². The van der Waals surface area contributed by atoms with Crippen molar-refractivity contribution in [3.05, 3.63) is 112 Å². The van der Waals surface area contributed by atoms with E-state index >= 15 is 4.39 Å². The molecule has 1 aliphatic heterocycles. The van der Waals surface area contributed by atoms with E-state index in [9.17, 15) is 18.7 Å². The first-order valence-corrected chi connectivity index (χ1v) is 14.0. The second-order valence-corrected chi connectivity index (χ2v) is 11.0. The summed E-state index contributed by atoms with van der Waals surface area (Å²) in [6.07, 6.45) is 5.78. The molecular weight excluding hydrogens is 613 g/mol. The van der Waals surface area contributed by atoms with Gasteiger partial charge in [0.2, 0.25) is 5.91 Å². The molecule has 5 rings (SSSR count). The summed E-state index contributed by atoms with van der Waals surface area (Å²) >= 11 is 3.39. The zero-order chi connectivity index (χ0) is 29.7. The molecule has 0 saturated carbocycles. The average Bonchev–Trinajstić information content (AvgIpc) is 3.45. The van der Waals surface area contributed by atoms with E-state index in [2.05, 4.69) is 31.3 Å². The summed E-state index contributed by atoms with van der Waals surface area (Å²) in [4.78, 5) is 20.0. The molecule has 2 N–H and O–H groups in total. The molecule has 8 nitrogen and oxygen atoms in total. The zero-order valence-electron chi connectivity index (χ0n) is 22.4. The Balaban J connectivity index is 1.21. The van der Waals surface area contributed by atoms with E-state index in [-0.39, 0.29) is 24.6 Å². The van der Waals surface area contributed by atoms with Crippen molar-refractivity contribution in [1.82, 2.24) is 19.7 Å². The lowest BCUT2D eigenvalue weighted by Crippen LogP contribution is -2.52. The molecule has 1 unspecified atom stereocenters.